The maximum atomic E-state index is 12.9. The van der Waals surface area contributed by atoms with Gasteiger partial charge >= 0.3 is 0 Å². The molecule has 5 heteroatoms. The molecule has 2 aromatic rings. The molecule has 0 spiro atoms. The molecule has 2 atom stereocenters. The van der Waals surface area contributed by atoms with Gasteiger partial charge in [0.05, 0.1) is 0 Å². The van der Waals surface area contributed by atoms with E-state index in [1.807, 2.05) is 6.92 Å². The van der Waals surface area contributed by atoms with E-state index < -0.39 is 0 Å². The summed E-state index contributed by atoms with van der Waals surface area (Å²) in [6.07, 6.45) is 0.913. The molecule has 1 fully saturated rings. The van der Waals surface area contributed by atoms with Gasteiger partial charge in [0.25, 0.3) is 5.91 Å². The third-order valence-electron chi connectivity index (χ3n) is 3.94. The number of hydrogen-bond acceptors (Lipinski definition) is 2. The van der Waals surface area contributed by atoms with Gasteiger partial charge in [-0.05, 0) is 54.8 Å². The van der Waals surface area contributed by atoms with Crippen molar-refractivity contribution in [2.24, 2.45) is 11.8 Å². The van der Waals surface area contributed by atoms with E-state index in [4.69, 9.17) is 0 Å². The Kier molecular flexibility index (Phi) is 4.10. The number of rotatable bonds is 4. The van der Waals surface area contributed by atoms with Gasteiger partial charge in [-0.2, -0.15) is 0 Å². The Morgan fingerprint density at radius 1 is 1.04 bits per heavy atom. The van der Waals surface area contributed by atoms with Crippen LogP contribution in [0, 0.1) is 17.7 Å². The van der Waals surface area contributed by atoms with Crippen LogP contribution in [0.25, 0.3) is 0 Å². The van der Waals surface area contributed by atoms with Crippen molar-refractivity contribution < 1.29 is 14.0 Å². The van der Waals surface area contributed by atoms with Crippen LogP contribution in [-0.4, -0.2) is 11.8 Å². The van der Waals surface area contributed by atoms with E-state index in [0.29, 0.717) is 22.9 Å². The van der Waals surface area contributed by atoms with Crippen molar-refractivity contribution >= 4 is 23.2 Å². The Morgan fingerprint density at radius 3 is 2.39 bits per heavy atom. The highest BCUT2D eigenvalue weighted by molar-refractivity contribution is 6.05. The maximum Gasteiger partial charge on any atom is 0.255 e. The van der Waals surface area contributed by atoms with Gasteiger partial charge in [-0.3, -0.25) is 9.59 Å². The highest BCUT2D eigenvalue weighted by Crippen LogP contribution is 2.38. The molecular weight excluding hydrogens is 295 g/mol. The number of benzene rings is 2. The molecular formula is C18H17FN2O2. The Labute approximate surface area is 133 Å². The van der Waals surface area contributed by atoms with Crippen LogP contribution >= 0.6 is 0 Å². The van der Waals surface area contributed by atoms with Crippen molar-refractivity contribution in [3.05, 3.63) is 59.9 Å². The summed E-state index contributed by atoms with van der Waals surface area (Å²) in [5, 5.41) is 5.52. The standard InChI is InChI=1S/C18H17FN2O2/c1-11-9-16(11)18(23)21-15-4-2-3-12(10-15)17(22)20-14-7-5-13(19)6-8-14/h2-8,10-11,16H,9H2,1H3,(H,20,22)(H,21,23)/t11-,16-/m0/s1. The van der Waals surface area contributed by atoms with Crippen LogP contribution in [0.4, 0.5) is 15.8 Å². The minimum absolute atomic E-state index is 0.00593. The summed E-state index contributed by atoms with van der Waals surface area (Å²) in [4.78, 5) is 24.2. The second-order valence-electron chi connectivity index (χ2n) is 5.85. The molecule has 2 N–H and O–H groups in total. The zero-order chi connectivity index (χ0) is 16.4. The fraction of sp³-hybridized carbons (Fsp3) is 0.222. The first-order chi connectivity index (χ1) is 11.0. The Morgan fingerprint density at radius 2 is 1.74 bits per heavy atom. The average Bonchev–Trinajstić information content (AvgIpc) is 3.27. The van der Waals surface area contributed by atoms with Crippen LogP contribution in [0.1, 0.15) is 23.7 Å². The number of carbonyl (C=O) groups excluding carboxylic acids is 2. The lowest BCUT2D eigenvalue weighted by Crippen LogP contribution is -2.16. The summed E-state index contributed by atoms with van der Waals surface area (Å²) < 4.78 is 12.9. The lowest BCUT2D eigenvalue weighted by atomic mass is 10.1. The lowest BCUT2D eigenvalue weighted by molar-refractivity contribution is -0.117. The van der Waals surface area contributed by atoms with E-state index in [-0.39, 0.29) is 23.5 Å². The molecule has 1 aliphatic carbocycles. The molecule has 0 radical (unpaired) electrons. The SMILES string of the molecule is C[C@H]1C[C@@H]1C(=O)Nc1cccc(C(=O)Nc2ccc(F)cc2)c1. The van der Waals surface area contributed by atoms with Gasteiger partial charge in [0, 0.05) is 22.9 Å². The largest absolute Gasteiger partial charge is 0.326 e. The number of nitrogens with one attached hydrogen (secondary N) is 2. The van der Waals surface area contributed by atoms with Crippen molar-refractivity contribution in [2.45, 2.75) is 13.3 Å². The molecule has 2 amide bonds. The predicted molar refractivity (Wildman–Crippen MR) is 86.7 cm³/mol. The summed E-state index contributed by atoms with van der Waals surface area (Å²) in [7, 11) is 0. The van der Waals surface area contributed by atoms with Crippen LogP contribution in [0.5, 0.6) is 0 Å². The van der Waals surface area contributed by atoms with Crippen molar-refractivity contribution in [3.63, 3.8) is 0 Å². The second kappa shape index (κ2) is 6.20. The lowest BCUT2D eigenvalue weighted by Gasteiger charge is -2.08. The minimum atomic E-state index is -0.359. The van der Waals surface area contributed by atoms with Gasteiger partial charge in [0.2, 0.25) is 5.91 Å². The Bertz CT molecular complexity index is 743. The van der Waals surface area contributed by atoms with E-state index in [0.717, 1.165) is 6.42 Å². The molecule has 3 rings (SSSR count). The number of anilines is 2. The van der Waals surface area contributed by atoms with E-state index in [1.54, 1.807) is 24.3 Å². The fourth-order valence-electron chi connectivity index (χ4n) is 2.40. The molecule has 1 aliphatic rings. The molecule has 0 aliphatic heterocycles. The summed E-state index contributed by atoms with van der Waals surface area (Å²) in [5.74, 6) is -0.172. The third-order valence-corrected chi connectivity index (χ3v) is 3.94. The normalized spacial score (nSPS) is 19.0. The van der Waals surface area contributed by atoms with Crippen molar-refractivity contribution in [3.8, 4) is 0 Å². The highest BCUT2D eigenvalue weighted by Gasteiger charge is 2.39. The first-order valence-electron chi connectivity index (χ1n) is 7.51. The molecule has 0 saturated heterocycles. The first-order valence-corrected chi connectivity index (χ1v) is 7.51. The summed E-state index contributed by atoms with van der Waals surface area (Å²) in [6, 6.07) is 12.3. The fourth-order valence-corrected chi connectivity index (χ4v) is 2.40. The average molecular weight is 312 g/mol. The Hall–Kier alpha value is -2.69. The van der Waals surface area contributed by atoms with Crippen molar-refractivity contribution in [1.29, 1.82) is 0 Å². The summed E-state index contributed by atoms with van der Waals surface area (Å²) >= 11 is 0. The van der Waals surface area contributed by atoms with Gasteiger partial charge in [0.1, 0.15) is 5.82 Å². The number of hydrogen-bond donors (Lipinski definition) is 2. The van der Waals surface area contributed by atoms with Crippen LogP contribution < -0.4 is 10.6 Å². The van der Waals surface area contributed by atoms with Gasteiger partial charge in [-0.1, -0.05) is 13.0 Å². The Balaban J connectivity index is 1.67. The highest BCUT2D eigenvalue weighted by atomic mass is 19.1. The van der Waals surface area contributed by atoms with E-state index in [9.17, 15) is 14.0 Å². The van der Waals surface area contributed by atoms with E-state index >= 15 is 0 Å². The van der Waals surface area contributed by atoms with Crippen LogP contribution in [0.3, 0.4) is 0 Å². The van der Waals surface area contributed by atoms with Crippen LogP contribution in [0.2, 0.25) is 0 Å². The third kappa shape index (κ3) is 3.74. The van der Waals surface area contributed by atoms with Crippen LogP contribution in [-0.2, 0) is 4.79 Å². The molecule has 0 bridgehead atoms. The molecule has 118 valence electrons. The van der Waals surface area contributed by atoms with E-state index in [2.05, 4.69) is 10.6 Å². The molecule has 2 aromatic carbocycles. The zero-order valence-electron chi connectivity index (χ0n) is 12.7. The molecule has 0 aromatic heterocycles. The molecule has 0 heterocycles. The second-order valence-corrected chi connectivity index (χ2v) is 5.85. The smallest absolute Gasteiger partial charge is 0.255 e. The summed E-state index contributed by atoms with van der Waals surface area (Å²) in [5.41, 5.74) is 1.54. The van der Waals surface area contributed by atoms with Gasteiger partial charge in [-0.25, -0.2) is 4.39 Å². The van der Waals surface area contributed by atoms with Crippen molar-refractivity contribution in [1.82, 2.24) is 0 Å². The number of amides is 2. The van der Waals surface area contributed by atoms with Gasteiger partial charge < -0.3 is 10.6 Å². The predicted octanol–water partition coefficient (Wildman–Crippen LogP) is 3.67. The van der Waals surface area contributed by atoms with Crippen LogP contribution in [0.15, 0.2) is 48.5 Å². The first kappa shape index (κ1) is 15.2. The monoisotopic (exact) mass is 312 g/mol. The zero-order valence-corrected chi connectivity index (χ0v) is 12.7. The van der Waals surface area contributed by atoms with Gasteiger partial charge in [-0.15, -0.1) is 0 Å². The number of carbonyl (C=O) groups is 2. The summed E-state index contributed by atoms with van der Waals surface area (Å²) in [6.45, 7) is 2.04. The molecule has 1 saturated carbocycles. The topological polar surface area (TPSA) is 58.2 Å². The minimum Gasteiger partial charge on any atom is -0.326 e. The maximum absolute atomic E-state index is 12.9. The molecule has 4 nitrogen and oxygen atoms in total. The molecule has 23 heavy (non-hydrogen) atoms. The van der Waals surface area contributed by atoms with Gasteiger partial charge in [0.15, 0.2) is 0 Å². The molecule has 0 unspecified atom stereocenters. The number of halogens is 1. The quantitative estimate of drug-likeness (QED) is 0.905. The van der Waals surface area contributed by atoms with Crippen molar-refractivity contribution in [2.75, 3.05) is 10.6 Å². The van der Waals surface area contributed by atoms with E-state index in [1.165, 1.54) is 24.3 Å².